The standard InChI is InChI=1S/C12H16N4/c1-9-8-11(10-4-2-3-5-13-10)15-12-14-6-7-16(9)12/h6-8,10,13H,2-5H2,1H3/t10-/m0/s1. The van der Waals surface area contributed by atoms with Crippen molar-refractivity contribution in [1.82, 2.24) is 19.7 Å². The van der Waals surface area contributed by atoms with Gasteiger partial charge in [0.2, 0.25) is 5.78 Å². The fourth-order valence-corrected chi connectivity index (χ4v) is 2.37. The van der Waals surface area contributed by atoms with Crippen LogP contribution >= 0.6 is 0 Å². The summed E-state index contributed by atoms with van der Waals surface area (Å²) in [6, 6.07) is 2.58. The first-order valence-electron chi connectivity index (χ1n) is 5.88. The molecule has 0 amide bonds. The smallest absolute Gasteiger partial charge is 0.234 e. The van der Waals surface area contributed by atoms with Gasteiger partial charge < -0.3 is 5.32 Å². The SMILES string of the molecule is Cc1cc([C@@H]2CCCCN2)nc2nccn12. The van der Waals surface area contributed by atoms with Gasteiger partial charge in [-0.2, -0.15) is 0 Å². The molecule has 2 aromatic rings. The van der Waals surface area contributed by atoms with Crippen molar-refractivity contribution >= 4 is 5.78 Å². The molecule has 0 bridgehead atoms. The molecule has 3 rings (SSSR count). The summed E-state index contributed by atoms with van der Waals surface area (Å²) >= 11 is 0. The Morgan fingerprint density at radius 1 is 1.44 bits per heavy atom. The summed E-state index contributed by atoms with van der Waals surface area (Å²) in [4.78, 5) is 8.87. The molecule has 3 heterocycles. The molecule has 2 aromatic heterocycles. The van der Waals surface area contributed by atoms with Gasteiger partial charge in [-0.3, -0.25) is 4.40 Å². The number of hydrogen-bond donors (Lipinski definition) is 1. The molecule has 0 radical (unpaired) electrons. The molecule has 4 heteroatoms. The number of imidazole rings is 1. The lowest BCUT2D eigenvalue weighted by Crippen LogP contribution is -2.27. The lowest BCUT2D eigenvalue weighted by molar-refractivity contribution is 0.405. The minimum Gasteiger partial charge on any atom is -0.309 e. The lowest BCUT2D eigenvalue weighted by Gasteiger charge is -2.23. The second-order valence-corrected chi connectivity index (χ2v) is 4.42. The topological polar surface area (TPSA) is 42.2 Å². The van der Waals surface area contributed by atoms with Crippen LogP contribution in [-0.2, 0) is 0 Å². The molecule has 1 saturated heterocycles. The third-order valence-electron chi connectivity index (χ3n) is 3.25. The monoisotopic (exact) mass is 216 g/mol. The predicted molar refractivity (Wildman–Crippen MR) is 62.3 cm³/mol. The van der Waals surface area contributed by atoms with Gasteiger partial charge in [-0.15, -0.1) is 0 Å². The molecular weight excluding hydrogens is 200 g/mol. The molecule has 0 spiro atoms. The first kappa shape index (κ1) is 9.78. The largest absolute Gasteiger partial charge is 0.309 e. The number of fused-ring (bicyclic) bond motifs is 1. The van der Waals surface area contributed by atoms with Crippen LogP contribution in [0.4, 0.5) is 0 Å². The maximum absolute atomic E-state index is 4.61. The minimum absolute atomic E-state index is 0.411. The Kier molecular flexibility index (Phi) is 2.36. The summed E-state index contributed by atoms with van der Waals surface area (Å²) in [6.07, 6.45) is 7.51. The molecule has 16 heavy (non-hydrogen) atoms. The van der Waals surface area contributed by atoms with Crippen molar-refractivity contribution in [2.45, 2.75) is 32.2 Å². The zero-order chi connectivity index (χ0) is 11.0. The van der Waals surface area contributed by atoms with Gasteiger partial charge >= 0.3 is 0 Å². The van der Waals surface area contributed by atoms with Gasteiger partial charge in [-0.05, 0) is 32.4 Å². The fraction of sp³-hybridized carbons (Fsp3) is 0.500. The Morgan fingerprint density at radius 3 is 3.19 bits per heavy atom. The van der Waals surface area contributed by atoms with E-state index in [-0.39, 0.29) is 0 Å². The number of nitrogens with zero attached hydrogens (tertiary/aromatic N) is 3. The summed E-state index contributed by atoms with van der Waals surface area (Å²) in [6.45, 7) is 3.20. The third kappa shape index (κ3) is 1.59. The minimum atomic E-state index is 0.411. The van der Waals surface area contributed by atoms with Crippen LogP contribution in [-0.4, -0.2) is 20.9 Å². The zero-order valence-electron chi connectivity index (χ0n) is 9.48. The van der Waals surface area contributed by atoms with Crippen LogP contribution in [0.1, 0.15) is 36.7 Å². The van der Waals surface area contributed by atoms with E-state index in [4.69, 9.17) is 0 Å². The summed E-state index contributed by atoms with van der Waals surface area (Å²) in [5.41, 5.74) is 2.33. The molecule has 1 fully saturated rings. The molecule has 1 atom stereocenters. The molecule has 1 aliphatic heterocycles. The van der Waals surface area contributed by atoms with E-state index in [0.717, 1.165) is 18.0 Å². The van der Waals surface area contributed by atoms with Crippen molar-refractivity contribution in [3.8, 4) is 0 Å². The molecule has 0 aromatic carbocycles. The highest BCUT2D eigenvalue weighted by molar-refractivity contribution is 5.33. The van der Waals surface area contributed by atoms with Crippen LogP contribution in [0.15, 0.2) is 18.5 Å². The van der Waals surface area contributed by atoms with Crippen LogP contribution < -0.4 is 5.32 Å². The number of hydrogen-bond acceptors (Lipinski definition) is 3. The van der Waals surface area contributed by atoms with Crippen molar-refractivity contribution in [2.75, 3.05) is 6.54 Å². The van der Waals surface area contributed by atoms with Gasteiger partial charge in [0.15, 0.2) is 0 Å². The molecular formula is C12H16N4. The first-order chi connectivity index (χ1) is 7.84. The number of aromatic nitrogens is 3. The second-order valence-electron chi connectivity index (χ2n) is 4.42. The first-order valence-corrected chi connectivity index (χ1v) is 5.88. The Labute approximate surface area is 94.7 Å². The van der Waals surface area contributed by atoms with Gasteiger partial charge in [-0.25, -0.2) is 9.97 Å². The van der Waals surface area contributed by atoms with E-state index < -0.39 is 0 Å². The van der Waals surface area contributed by atoms with Gasteiger partial charge in [-0.1, -0.05) is 6.42 Å². The van der Waals surface area contributed by atoms with E-state index in [1.807, 2.05) is 10.6 Å². The summed E-state index contributed by atoms with van der Waals surface area (Å²) < 4.78 is 2.02. The highest BCUT2D eigenvalue weighted by Crippen LogP contribution is 2.22. The van der Waals surface area contributed by atoms with E-state index in [1.54, 1.807) is 6.20 Å². The van der Waals surface area contributed by atoms with Crippen molar-refractivity contribution in [3.05, 3.63) is 29.8 Å². The van der Waals surface area contributed by atoms with Gasteiger partial charge in [0.25, 0.3) is 0 Å². The van der Waals surface area contributed by atoms with Crippen molar-refractivity contribution in [3.63, 3.8) is 0 Å². The van der Waals surface area contributed by atoms with Crippen LogP contribution in [0.5, 0.6) is 0 Å². The number of aryl methyl sites for hydroxylation is 1. The fourth-order valence-electron chi connectivity index (χ4n) is 2.37. The van der Waals surface area contributed by atoms with Crippen molar-refractivity contribution in [2.24, 2.45) is 0 Å². The Balaban J connectivity index is 2.02. The number of rotatable bonds is 1. The van der Waals surface area contributed by atoms with Crippen LogP contribution in [0, 0.1) is 6.92 Å². The highest BCUT2D eigenvalue weighted by Gasteiger charge is 2.17. The van der Waals surface area contributed by atoms with E-state index in [9.17, 15) is 0 Å². The van der Waals surface area contributed by atoms with Crippen LogP contribution in [0.2, 0.25) is 0 Å². The zero-order valence-corrected chi connectivity index (χ0v) is 9.48. The van der Waals surface area contributed by atoms with Crippen LogP contribution in [0.25, 0.3) is 5.78 Å². The third-order valence-corrected chi connectivity index (χ3v) is 3.25. The normalized spacial score (nSPS) is 21.4. The predicted octanol–water partition coefficient (Wildman–Crippen LogP) is 1.85. The highest BCUT2D eigenvalue weighted by atomic mass is 15.1. The molecule has 0 saturated carbocycles. The Morgan fingerprint density at radius 2 is 2.38 bits per heavy atom. The molecule has 84 valence electrons. The molecule has 1 N–H and O–H groups in total. The Hall–Kier alpha value is -1.42. The van der Waals surface area contributed by atoms with Gasteiger partial charge in [0, 0.05) is 24.1 Å². The van der Waals surface area contributed by atoms with E-state index in [0.29, 0.717) is 6.04 Å². The van der Waals surface area contributed by atoms with Crippen molar-refractivity contribution in [1.29, 1.82) is 0 Å². The van der Waals surface area contributed by atoms with Crippen LogP contribution in [0.3, 0.4) is 0 Å². The molecule has 4 nitrogen and oxygen atoms in total. The van der Waals surface area contributed by atoms with E-state index in [2.05, 4.69) is 28.3 Å². The summed E-state index contributed by atoms with van der Waals surface area (Å²) in [5.74, 6) is 0.808. The Bertz CT molecular complexity index is 497. The summed E-state index contributed by atoms with van der Waals surface area (Å²) in [5, 5.41) is 3.52. The van der Waals surface area contributed by atoms with E-state index >= 15 is 0 Å². The van der Waals surface area contributed by atoms with Crippen molar-refractivity contribution < 1.29 is 0 Å². The maximum atomic E-state index is 4.61. The average molecular weight is 216 g/mol. The number of nitrogens with one attached hydrogen (secondary N) is 1. The summed E-state index contributed by atoms with van der Waals surface area (Å²) in [7, 11) is 0. The molecule has 0 unspecified atom stereocenters. The molecule has 1 aliphatic rings. The van der Waals surface area contributed by atoms with Gasteiger partial charge in [0.05, 0.1) is 5.69 Å². The second kappa shape index (κ2) is 3.87. The van der Waals surface area contributed by atoms with E-state index in [1.165, 1.54) is 25.0 Å². The van der Waals surface area contributed by atoms with Gasteiger partial charge in [0.1, 0.15) is 0 Å². The maximum Gasteiger partial charge on any atom is 0.234 e. The quantitative estimate of drug-likeness (QED) is 0.791. The number of piperidine rings is 1. The molecule has 0 aliphatic carbocycles. The average Bonchev–Trinajstić information content (AvgIpc) is 2.79. The lowest BCUT2D eigenvalue weighted by atomic mass is 10.0.